The molecule has 0 aromatic carbocycles. The monoisotopic (exact) mass is 243 g/mol. The highest BCUT2D eigenvalue weighted by atomic mass is 16.5. The molecule has 1 aliphatic rings. The van der Waals surface area contributed by atoms with Crippen LogP contribution < -0.4 is 5.32 Å². The van der Waals surface area contributed by atoms with Gasteiger partial charge >= 0.3 is 5.97 Å². The number of carbonyl (C=O) groups is 2. The van der Waals surface area contributed by atoms with Crippen LogP contribution in [0.25, 0.3) is 0 Å². The Morgan fingerprint density at radius 1 is 1.35 bits per heavy atom. The number of carboxylic acid groups (broad SMARTS) is 1. The van der Waals surface area contributed by atoms with E-state index in [9.17, 15) is 9.59 Å². The molecule has 0 bridgehead atoms. The number of carbonyl (C=O) groups excluding carboxylic acids is 1. The molecule has 1 unspecified atom stereocenters. The first-order chi connectivity index (χ1) is 8.00. The Morgan fingerprint density at radius 2 is 1.94 bits per heavy atom. The number of hydrogen-bond donors (Lipinski definition) is 2. The third-order valence-electron chi connectivity index (χ3n) is 2.91. The van der Waals surface area contributed by atoms with Crippen LogP contribution in [0.3, 0.4) is 0 Å². The molecule has 2 N–H and O–H groups in total. The van der Waals surface area contributed by atoms with E-state index in [4.69, 9.17) is 9.84 Å². The van der Waals surface area contributed by atoms with E-state index in [1.54, 1.807) is 0 Å². The van der Waals surface area contributed by atoms with Gasteiger partial charge in [0.1, 0.15) is 6.04 Å². The van der Waals surface area contributed by atoms with Crippen LogP contribution in [0.5, 0.6) is 0 Å². The van der Waals surface area contributed by atoms with Gasteiger partial charge in [0, 0.05) is 19.1 Å². The van der Waals surface area contributed by atoms with Crippen molar-refractivity contribution in [3.05, 3.63) is 0 Å². The van der Waals surface area contributed by atoms with Gasteiger partial charge < -0.3 is 15.2 Å². The molecule has 0 spiro atoms. The Kier molecular flexibility index (Phi) is 5.41. The number of carboxylic acids is 1. The largest absolute Gasteiger partial charge is 0.480 e. The maximum Gasteiger partial charge on any atom is 0.326 e. The topological polar surface area (TPSA) is 75.6 Å². The van der Waals surface area contributed by atoms with E-state index in [2.05, 4.69) is 5.32 Å². The van der Waals surface area contributed by atoms with Gasteiger partial charge in [0.25, 0.3) is 0 Å². The minimum Gasteiger partial charge on any atom is -0.480 e. The summed E-state index contributed by atoms with van der Waals surface area (Å²) in [6.45, 7) is 5.05. The fourth-order valence-electron chi connectivity index (χ4n) is 1.94. The van der Waals surface area contributed by atoms with Crippen LogP contribution >= 0.6 is 0 Å². The lowest BCUT2D eigenvalue weighted by molar-refractivity contribution is -0.143. The van der Waals surface area contributed by atoms with Crippen molar-refractivity contribution in [2.45, 2.75) is 39.2 Å². The molecule has 1 saturated heterocycles. The average Bonchev–Trinajstić information content (AvgIpc) is 2.28. The summed E-state index contributed by atoms with van der Waals surface area (Å²) in [5.41, 5.74) is 0. The summed E-state index contributed by atoms with van der Waals surface area (Å²) < 4.78 is 5.17. The number of aliphatic carboxylic acids is 1. The number of nitrogens with one attached hydrogen (secondary N) is 1. The number of amides is 1. The van der Waals surface area contributed by atoms with E-state index in [-0.39, 0.29) is 17.7 Å². The molecule has 5 nitrogen and oxygen atoms in total. The highest BCUT2D eigenvalue weighted by Crippen LogP contribution is 2.15. The third kappa shape index (κ3) is 4.73. The fraction of sp³-hybridized carbons (Fsp3) is 0.833. The van der Waals surface area contributed by atoms with Crippen LogP contribution in [0.15, 0.2) is 0 Å². The van der Waals surface area contributed by atoms with Crippen LogP contribution in [0.2, 0.25) is 0 Å². The lowest BCUT2D eigenvalue weighted by atomic mass is 9.97. The first-order valence-corrected chi connectivity index (χ1v) is 6.11. The van der Waals surface area contributed by atoms with Gasteiger partial charge in [-0.2, -0.15) is 0 Å². The molecule has 1 amide bonds. The van der Waals surface area contributed by atoms with Crippen LogP contribution in [-0.2, 0) is 14.3 Å². The second-order valence-corrected chi connectivity index (χ2v) is 4.92. The Labute approximate surface area is 102 Å². The van der Waals surface area contributed by atoms with E-state index in [0.717, 1.165) is 0 Å². The van der Waals surface area contributed by atoms with Crippen molar-refractivity contribution in [1.29, 1.82) is 0 Å². The van der Waals surface area contributed by atoms with E-state index in [1.807, 2.05) is 13.8 Å². The molecule has 5 heteroatoms. The van der Waals surface area contributed by atoms with E-state index in [1.165, 1.54) is 0 Å². The molecule has 0 aromatic rings. The van der Waals surface area contributed by atoms with Gasteiger partial charge in [0.05, 0.1) is 0 Å². The summed E-state index contributed by atoms with van der Waals surface area (Å²) in [6, 6.07) is -0.773. The summed E-state index contributed by atoms with van der Waals surface area (Å²) in [5.74, 6) is -0.968. The summed E-state index contributed by atoms with van der Waals surface area (Å²) in [7, 11) is 0. The second kappa shape index (κ2) is 6.59. The van der Waals surface area contributed by atoms with E-state index < -0.39 is 12.0 Å². The van der Waals surface area contributed by atoms with Crippen LogP contribution in [0.4, 0.5) is 0 Å². The van der Waals surface area contributed by atoms with Gasteiger partial charge in [-0.25, -0.2) is 4.79 Å². The molecule has 1 rings (SSSR count). The number of ether oxygens (including phenoxy) is 1. The highest BCUT2D eigenvalue weighted by Gasteiger charge is 2.26. The SMILES string of the molecule is CC(C)CC(NC(=O)C1CCOCC1)C(=O)O. The van der Waals surface area contributed by atoms with Crippen molar-refractivity contribution in [2.75, 3.05) is 13.2 Å². The molecule has 1 atom stereocenters. The predicted octanol–water partition coefficient (Wildman–Crippen LogP) is 1.03. The number of rotatable bonds is 5. The standard InChI is InChI=1S/C12H21NO4/c1-8(2)7-10(12(15)16)13-11(14)9-3-5-17-6-4-9/h8-10H,3-7H2,1-2H3,(H,13,14)(H,15,16). The van der Waals surface area contributed by atoms with Crippen LogP contribution in [0.1, 0.15) is 33.1 Å². The Bertz CT molecular complexity index is 272. The van der Waals surface area contributed by atoms with Gasteiger partial charge in [-0.15, -0.1) is 0 Å². The molecule has 0 saturated carbocycles. The van der Waals surface area contributed by atoms with Crippen molar-refractivity contribution in [3.8, 4) is 0 Å². The number of hydrogen-bond acceptors (Lipinski definition) is 3. The molecule has 0 radical (unpaired) electrons. The van der Waals surface area contributed by atoms with Gasteiger partial charge in [0.15, 0.2) is 0 Å². The average molecular weight is 243 g/mol. The summed E-state index contributed by atoms with van der Waals surface area (Å²) in [6.07, 6.45) is 1.82. The van der Waals surface area contributed by atoms with Crippen molar-refractivity contribution in [3.63, 3.8) is 0 Å². The zero-order chi connectivity index (χ0) is 12.8. The molecular formula is C12H21NO4. The molecule has 1 aliphatic heterocycles. The van der Waals surface area contributed by atoms with Crippen molar-refractivity contribution >= 4 is 11.9 Å². The molecule has 98 valence electrons. The lowest BCUT2D eigenvalue weighted by Gasteiger charge is -2.24. The van der Waals surface area contributed by atoms with E-state index >= 15 is 0 Å². The molecule has 0 aliphatic carbocycles. The summed E-state index contributed by atoms with van der Waals surface area (Å²) in [5, 5.41) is 11.7. The zero-order valence-corrected chi connectivity index (χ0v) is 10.4. The van der Waals surface area contributed by atoms with Crippen LogP contribution in [-0.4, -0.2) is 36.2 Å². The van der Waals surface area contributed by atoms with Crippen molar-refractivity contribution in [1.82, 2.24) is 5.32 Å². The first kappa shape index (κ1) is 14.0. The van der Waals surface area contributed by atoms with Gasteiger partial charge in [0.2, 0.25) is 5.91 Å². The maximum absolute atomic E-state index is 11.9. The molecule has 17 heavy (non-hydrogen) atoms. The van der Waals surface area contributed by atoms with Gasteiger partial charge in [-0.05, 0) is 25.2 Å². The Hall–Kier alpha value is -1.10. The van der Waals surface area contributed by atoms with Gasteiger partial charge in [-0.3, -0.25) is 4.79 Å². The Morgan fingerprint density at radius 3 is 2.41 bits per heavy atom. The quantitative estimate of drug-likeness (QED) is 0.756. The zero-order valence-electron chi connectivity index (χ0n) is 10.4. The van der Waals surface area contributed by atoms with Gasteiger partial charge in [-0.1, -0.05) is 13.8 Å². The summed E-state index contributed by atoms with van der Waals surface area (Å²) in [4.78, 5) is 22.9. The van der Waals surface area contributed by atoms with E-state index in [0.29, 0.717) is 32.5 Å². The minimum atomic E-state index is -0.959. The maximum atomic E-state index is 11.9. The van der Waals surface area contributed by atoms with Crippen molar-refractivity contribution < 1.29 is 19.4 Å². The normalized spacial score (nSPS) is 19.0. The van der Waals surface area contributed by atoms with Crippen molar-refractivity contribution in [2.24, 2.45) is 11.8 Å². The first-order valence-electron chi connectivity index (χ1n) is 6.11. The van der Waals surface area contributed by atoms with Crippen LogP contribution in [0, 0.1) is 11.8 Å². The summed E-state index contributed by atoms with van der Waals surface area (Å²) >= 11 is 0. The third-order valence-corrected chi connectivity index (χ3v) is 2.91. The predicted molar refractivity (Wildman–Crippen MR) is 62.6 cm³/mol. The Balaban J connectivity index is 2.47. The fourth-order valence-corrected chi connectivity index (χ4v) is 1.94. The molecular weight excluding hydrogens is 222 g/mol. The lowest BCUT2D eigenvalue weighted by Crippen LogP contribution is -2.45. The smallest absolute Gasteiger partial charge is 0.326 e. The molecule has 0 aromatic heterocycles. The molecule has 1 fully saturated rings. The second-order valence-electron chi connectivity index (χ2n) is 4.92. The highest BCUT2D eigenvalue weighted by molar-refractivity contribution is 5.85. The molecule has 1 heterocycles. The minimum absolute atomic E-state index is 0.0993.